The van der Waals surface area contributed by atoms with E-state index in [9.17, 15) is 9.90 Å². The predicted molar refractivity (Wildman–Crippen MR) is 67.4 cm³/mol. The van der Waals surface area contributed by atoms with Gasteiger partial charge in [-0.15, -0.1) is 0 Å². The van der Waals surface area contributed by atoms with Crippen molar-refractivity contribution in [2.24, 2.45) is 0 Å². The van der Waals surface area contributed by atoms with E-state index >= 15 is 0 Å². The SMILES string of the molecule is CC(C(O)c1ccccc1)N(C)C(=O)CBr. The molecule has 0 heterocycles. The van der Waals surface area contributed by atoms with Crippen LogP contribution in [0.15, 0.2) is 30.3 Å². The van der Waals surface area contributed by atoms with Gasteiger partial charge in [-0.25, -0.2) is 0 Å². The Morgan fingerprint density at radius 1 is 1.44 bits per heavy atom. The summed E-state index contributed by atoms with van der Waals surface area (Å²) >= 11 is 3.12. The Kier molecular flexibility index (Phi) is 4.96. The summed E-state index contributed by atoms with van der Waals surface area (Å²) in [6.45, 7) is 1.83. The number of hydrogen-bond donors (Lipinski definition) is 1. The number of carbonyl (C=O) groups excluding carboxylic acids is 1. The third-order valence-corrected chi connectivity index (χ3v) is 3.20. The van der Waals surface area contributed by atoms with E-state index in [-0.39, 0.29) is 17.3 Å². The fourth-order valence-electron chi connectivity index (χ4n) is 1.46. The van der Waals surface area contributed by atoms with Crippen molar-refractivity contribution in [2.75, 3.05) is 12.4 Å². The van der Waals surface area contributed by atoms with Gasteiger partial charge in [-0.1, -0.05) is 46.3 Å². The zero-order valence-electron chi connectivity index (χ0n) is 9.43. The molecule has 0 radical (unpaired) electrons. The van der Waals surface area contributed by atoms with Crippen LogP contribution in [0.1, 0.15) is 18.6 Å². The molecule has 0 aliphatic heterocycles. The van der Waals surface area contributed by atoms with Gasteiger partial charge >= 0.3 is 0 Å². The molecule has 0 spiro atoms. The lowest BCUT2D eigenvalue weighted by Crippen LogP contribution is -2.39. The van der Waals surface area contributed by atoms with Gasteiger partial charge in [0.25, 0.3) is 0 Å². The molecule has 0 saturated heterocycles. The summed E-state index contributed by atoms with van der Waals surface area (Å²) in [5.41, 5.74) is 0.823. The Hall–Kier alpha value is -0.870. The number of aliphatic hydroxyl groups is 1. The van der Waals surface area contributed by atoms with E-state index in [0.29, 0.717) is 0 Å². The first kappa shape index (κ1) is 13.2. The summed E-state index contributed by atoms with van der Waals surface area (Å²) in [4.78, 5) is 13.0. The Labute approximate surface area is 104 Å². The van der Waals surface area contributed by atoms with E-state index in [0.717, 1.165) is 5.56 Å². The number of aliphatic hydroxyl groups excluding tert-OH is 1. The van der Waals surface area contributed by atoms with Crippen LogP contribution in [-0.4, -0.2) is 34.3 Å². The Balaban J connectivity index is 2.74. The lowest BCUT2D eigenvalue weighted by atomic mass is 10.0. The summed E-state index contributed by atoms with van der Waals surface area (Å²) in [5.74, 6) is -0.0394. The van der Waals surface area contributed by atoms with Gasteiger partial charge in [0.05, 0.1) is 17.5 Å². The van der Waals surface area contributed by atoms with Crippen LogP contribution in [-0.2, 0) is 4.79 Å². The van der Waals surface area contributed by atoms with Gasteiger partial charge in [-0.2, -0.15) is 0 Å². The van der Waals surface area contributed by atoms with Crippen LogP contribution < -0.4 is 0 Å². The number of nitrogens with zero attached hydrogens (tertiary/aromatic N) is 1. The van der Waals surface area contributed by atoms with Crippen LogP contribution in [0, 0.1) is 0 Å². The smallest absolute Gasteiger partial charge is 0.233 e. The summed E-state index contributed by atoms with van der Waals surface area (Å²) < 4.78 is 0. The molecule has 1 aromatic rings. The first-order valence-corrected chi connectivity index (χ1v) is 6.24. The first-order chi connectivity index (χ1) is 7.57. The van der Waals surface area contributed by atoms with Crippen molar-refractivity contribution in [3.8, 4) is 0 Å². The van der Waals surface area contributed by atoms with Crippen LogP contribution in [0.5, 0.6) is 0 Å². The maximum absolute atomic E-state index is 11.5. The molecule has 2 unspecified atom stereocenters. The highest BCUT2D eigenvalue weighted by atomic mass is 79.9. The normalized spacial score (nSPS) is 14.2. The molecule has 0 saturated carbocycles. The van der Waals surface area contributed by atoms with Crippen molar-refractivity contribution >= 4 is 21.8 Å². The van der Waals surface area contributed by atoms with E-state index in [1.54, 1.807) is 11.9 Å². The minimum absolute atomic E-state index is 0.0394. The first-order valence-electron chi connectivity index (χ1n) is 5.12. The molecule has 4 heteroatoms. The van der Waals surface area contributed by atoms with E-state index in [2.05, 4.69) is 15.9 Å². The fourth-order valence-corrected chi connectivity index (χ4v) is 1.86. The van der Waals surface area contributed by atoms with Crippen LogP contribution in [0.4, 0.5) is 0 Å². The van der Waals surface area contributed by atoms with E-state index in [1.807, 2.05) is 37.3 Å². The monoisotopic (exact) mass is 285 g/mol. The second-order valence-electron chi connectivity index (χ2n) is 3.73. The third kappa shape index (κ3) is 3.06. The number of likely N-dealkylation sites (N-methyl/N-ethyl adjacent to an activating group) is 1. The molecule has 0 aliphatic rings. The molecule has 1 aromatic carbocycles. The maximum atomic E-state index is 11.5. The maximum Gasteiger partial charge on any atom is 0.233 e. The molecule has 0 fully saturated rings. The number of benzene rings is 1. The number of halogens is 1. The quantitative estimate of drug-likeness (QED) is 0.860. The average molecular weight is 286 g/mol. The van der Waals surface area contributed by atoms with Crippen LogP contribution in [0.3, 0.4) is 0 Å². The van der Waals surface area contributed by atoms with Gasteiger partial charge < -0.3 is 10.0 Å². The second kappa shape index (κ2) is 6.01. The molecule has 2 atom stereocenters. The zero-order valence-corrected chi connectivity index (χ0v) is 11.0. The minimum atomic E-state index is -0.658. The van der Waals surface area contributed by atoms with E-state index in [4.69, 9.17) is 0 Å². The molecule has 0 bridgehead atoms. The summed E-state index contributed by atoms with van der Waals surface area (Å²) in [7, 11) is 1.69. The highest BCUT2D eigenvalue weighted by Crippen LogP contribution is 2.19. The highest BCUT2D eigenvalue weighted by Gasteiger charge is 2.23. The Morgan fingerprint density at radius 3 is 2.50 bits per heavy atom. The third-order valence-electron chi connectivity index (χ3n) is 2.72. The van der Waals surface area contributed by atoms with Gasteiger partial charge in [-0.05, 0) is 12.5 Å². The molecule has 0 aromatic heterocycles. The molecular weight excluding hydrogens is 270 g/mol. The number of amides is 1. The number of carbonyl (C=O) groups is 1. The molecule has 1 rings (SSSR count). The average Bonchev–Trinajstić information content (AvgIpc) is 2.36. The van der Waals surface area contributed by atoms with Crippen LogP contribution in [0.25, 0.3) is 0 Å². The lowest BCUT2D eigenvalue weighted by Gasteiger charge is -2.28. The van der Waals surface area contributed by atoms with Crippen LogP contribution in [0.2, 0.25) is 0 Å². The van der Waals surface area contributed by atoms with E-state index < -0.39 is 6.10 Å². The number of alkyl halides is 1. The minimum Gasteiger partial charge on any atom is -0.386 e. The van der Waals surface area contributed by atoms with Crippen LogP contribution >= 0.6 is 15.9 Å². The van der Waals surface area contributed by atoms with Crippen molar-refractivity contribution in [1.29, 1.82) is 0 Å². The fraction of sp³-hybridized carbons (Fsp3) is 0.417. The molecule has 0 aliphatic carbocycles. The molecule has 88 valence electrons. The van der Waals surface area contributed by atoms with Crippen molar-refractivity contribution in [3.63, 3.8) is 0 Å². The highest BCUT2D eigenvalue weighted by molar-refractivity contribution is 9.09. The summed E-state index contributed by atoms with van der Waals surface area (Å²) in [6, 6.07) is 9.11. The molecule has 16 heavy (non-hydrogen) atoms. The van der Waals surface area contributed by atoms with Crippen molar-refractivity contribution in [3.05, 3.63) is 35.9 Å². The van der Waals surface area contributed by atoms with Crippen molar-refractivity contribution in [2.45, 2.75) is 19.1 Å². The molecule has 3 nitrogen and oxygen atoms in total. The number of rotatable bonds is 4. The topological polar surface area (TPSA) is 40.5 Å². The summed E-state index contributed by atoms with van der Waals surface area (Å²) in [5, 5.41) is 10.4. The largest absolute Gasteiger partial charge is 0.386 e. The summed E-state index contributed by atoms with van der Waals surface area (Å²) in [6.07, 6.45) is -0.658. The van der Waals surface area contributed by atoms with Gasteiger partial charge in [0.2, 0.25) is 5.91 Å². The van der Waals surface area contributed by atoms with Gasteiger partial charge in [0.1, 0.15) is 0 Å². The van der Waals surface area contributed by atoms with Gasteiger partial charge in [0.15, 0.2) is 0 Å². The Bertz CT molecular complexity index is 342. The van der Waals surface area contributed by atoms with Gasteiger partial charge in [-0.3, -0.25) is 4.79 Å². The molecule has 1 amide bonds. The van der Waals surface area contributed by atoms with Gasteiger partial charge in [0, 0.05) is 7.05 Å². The number of hydrogen-bond acceptors (Lipinski definition) is 2. The van der Waals surface area contributed by atoms with Crippen molar-refractivity contribution in [1.82, 2.24) is 4.90 Å². The van der Waals surface area contributed by atoms with E-state index in [1.165, 1.54) is 0 Å². The lowest BCUT2D eigenvalue weighted by molar-refractivity contribution is -0.130. The predicted octanol–water partition coefficient (Wildman–Crippen LogP) is 1.96. The molecule has 1 N–H and O–H groups in total. The standard InChI is InChI=1S/C12H16BrNO2/c1-9(14(2)11(15)8-13)12(16)10-6-4-3-5-7-10/h3-7,9,12,16H,8H2,1-2H3. The Morgan fingerprint density at radius 2 is 2.00 bits per heavy atom. The zero-order chi connectivity index (χ0) is 12.1. The second-order valence-corrected chi connectivity index (χ2v) is 4.30. The van der Waals surface area contributed by atoms with Crippen molar-refractivity contribution < 1.29 is 9.90 Å². The molecular formula is C12H16BrNO2.